The van der Waals surface area contributed by atoms with Gasteiger partial charge in [-0.05, 0) is 13.8 Å². The molecule has 0 aromatic carbocycles. The normalized spacial score (nSPS) is 22.8. The van der Waals surface area contributed by atoms with E-state index in [1.807, 2.05) is 4.72 Å². The third kappa shape index (κ3) is 3.32. The van der Waals surface area contributed by atoms with Gasteiger partial charge in [0, 0.05) is 25.7 Å². The van der Waals surface area contributed by atoms with Crippen molar-refractivity contribution in [3.05, 3.63) is 0 Å². The van der Waals surface area contributed by atoms with E-state index in [1.54, 1.807) is 13.8 Å². The second-order valence-corrected chi connectivity index (χ2v) is 5.11. The van der Waals surface area contributed by atoms with E-state index in [0.717, 1.165) is 0 Å². The summed E-state index contributed by atoms with van der Waals surface area (Å²) in [6, 6.07) is -0.180. The van der Waals surface area contributed by atoms with E-state index in [-0.39, 0.29) is 12.6 Å². The standard InChI is InChI=1S/C8H17N3O4S/c1-3-15-8(12)10-16(13,14)11-5-4-9-6-7(11)2/h7,9H,3-6H2,1-2H3,(H,10,12). The van der Waals surface area contributed by atoms with E-state index in [2.05, 4.69) is 10.1 Å². The van der Waals surface area contributed by atoms with Gasteiger partial charge in [0.2, 0.25) is 0 Å². The minimum Gasteiger partial charge on any atom is -0.449 e. The second-order valence-electron chi connectivity index (χ2n) is 3.49. The van der Waals surface area contributed by atoms with Crippen LogP contribution in [0, 0.1) is 0 Å². The predicted molar refractivity (Wildman–Crippen MR) is 58.1 cm³/mol. The largest absolute Gasteiger partial charge is 0.449 e. The lowest BCUT2D eigenvalue weighted by atomic mass is 10.3. The summed E-state index contributed by atoms with van der Waals surface area (Å²) in [6.45, 7) is 5.02. The van der Waals surface area contributed by atoms with Crippen LogP contribution in [0.15, 0.2) is 0 Å². The van der Waals surface area contributed by atoms with Crippen LogP contribution in [-0.2, 0) is 14.9 Å². The molecule has 1 aliphatic rings. The lowest BCUT2D eigenvalue weighted by molar-refractivity contribution is 0.157. The van der Waals surface area contributed by atoms with Crippen molar-refractivity contribution < 1.29 is 17.9 Å². The number of carbonyl (C=O) groups excluding carboxylic acids is 1. The maximum atomic E-state index is 11.8. The average Bonchev–Trinajstić information content (AvgIpc) is 2.17. The van der Waals surface area contributed by atoms with Gasteiger partial charge in [-0.15, -0.1) is 0 Å². The van der Waals surface area contributed by atoms with Crippen LogP contribution in [0.25, 0.3) is 0 Å². The summed E-state index contributed by atoms with van der Waals surface area (Å²) in [5, 5.41) is 3.06. The lowest BCUT2D eigenvalue weighted by Crippen LogP contribution is -2.56. The summed E-state index contributed by atoms with van der Waals surface area (Å²) in [5.41, 5.74) is 0. The highest BCUT2D eigenvalue weighted by Gasteiger charge is 2.30. The van der Waals surface area contributed by atoms with Crippen molar-refractivity contribution in [1.29, 1.82) is 0 Å². The fourth-order valence-electron chi connectivity index (χ4n) is 1.50. The molecular formula is C8H17N3O4S. The first-order valence-electron chi connectivity index (χ1n) is 5.14. The molecule has 1 heterocycles. The topological polar surface area (TPSA) is 87.7 Å². The Bertz CT molecular complexity index is 343. The Hall–Kier alpha value is -0.860. The van der Waals surface area contributed by atoms with E-state index in [0.29, 0.717) is 19.6 Å². The van der Waals surface area contributed by atoms with Crippen molar-refractivity contribution in [2.45, 2.75) is 19.9 Å². The molecule has 0 aromatic heterocycles. The van der Waals surface area contributed by atoms with Crippen molar-refractivity contribution in [2.75, 3.05) is 26.2 Å². The molecule has 1 aliphatic heterocycles. The van der Waals surface area contributed by atoms with Crippen LogP contribution in [-0.4, -0.2) is 51.1 Å². The van der Waals surface area contributed by atoms with Crippen molar-refractivity contribution in [3.8, 4) is 0 Å². The summed E-state index contributed by atoms with van der Waals surface area (Å²) >= 11 is 0. The Morgan fingerprint density at radius 2 is 2.31 bits per heavy atom. The summed E-state index contributed by atoms with van der Waals surface area (Å²) in [4.78, 5) is 11.1. The maximum absolute atomic E-state index is 11.8. The van der Waals surface area contributed by atoms with Crippen LogP contribution in [0.2, 0.25) is 0 Å². The van der Waals surface area contributed by atoms with Gasteiger partial charge < -0.3 is 10.1 Å². The van der Waals surface area contributed by atoms with E-state index < -0.39 is 16.3 Å². The van der Waals surface area contributed by atoms with Gasteiger partial charge in [-0.2, -0.15) is 12.7 Å². The van der Waals surface area contributed by atoms with Crippen LogP contribution in [0.5, 0.6) is 0 Å². The summed E-state index contributed by atoms with van der Waals surface area (Å²) in [5.74, 6) is 0. The molecule has 94 valence electrons. The molecule has 8 heteroatoms. The Labute approximate surface area is 95.3 Å². The van der Waals surface area contributed by atoms with E-state index in [1.165, 1.54) is 4.31 Å². The van der Waals surface area contributed by atoms with Crippen molar-refractivity contribution in [3.63, 3.8) is 0 Å². The van der Waals surface area contributed by atoms with Gasteiger partial charge in [0.05, 0.1) is 6.61 Å². The minimum absolute atomic E-state index is 0.137. The molecule has 0 aromatic rings. The van der Waals surface area contributed by atoms with Crippen LogP contribution in [0.4, 0.5) is 4.79 Å². The molecule has 0 aliphatic carbocycles. The van der Waals surface area contributed by atoms with Crippen LogP contribution >= 0.6 is 0 Å². The quantitative estimate of drug-likeness (QED) is 0.690. The molecule has 16 heavy (non-hydrogen) atoms. The van der Waals surface area contributed by atoms with Gasteiger partial charge in [-0.3, -0.25) is 0 Å². The lowest BCUT2D eigenvalue weighted by Gasteiger charge is -2.32. The predicted octanol–water partition coefficient (Wildman–Crippen LogP) is -0.729. The third-order valence-corrected chi connectivity index (χ3v) is 3.82. The molecule has 7 nitrogen and oxygen atoms in total. The van der Waals surface area contributed by atoms with E-state index >= 15 is 0 Å². The Balaban J connectivity index is 2.65. The number of piperazine rings is 1. The number of ether oxygens (including phenoxy) is 1. The zero-order valence-electron chi connectivity index (χ0n) is 9.39. The zero-order chi connectivity index (χ0) is 12.2. The molecule has 2 N–H and O–H groups in total. The second kappa shape index (κ2) is 5.46. The number of nitrogens with one attached hydrogen (secondary N) is 2. The monoisotopic (exact) mass is 251 g/mol. The third-order valence-electron chi connectivity index (χ3n) is 2.24. The van der Waals surface area contributed by atoms with Gasteiger partial charge >= 0.3 is 16.3 Å². The maximum Gasteiger partial charge on any atom is 0.421 e. The molecule has 0 spiro atoms. The Kier molecular flexibility index (Phi) is 4.51. The first-order valence-corrected chi connectivity index (χ1v) is 6.58. The Morgan fingerprint density at radius 1 is 1.62 bits per heavy atom. The smallest absolute Gasteiger partial charge is 0.421 e. The van der Waals surface area contributed by atoms with Gasteiger partial charge in [0.25, 0.3) is 0 Å². The fourth-order valence-corrected chi connectivity index (χ4v) is 2.77. The fraction of sp³-hybridized carbons (Fsp3) is 0.875. The SMILES string of the molecule is CCOC(=O)NS(=O)(=O)N1CCNCC1C. The van der Waals surface area contributed by atoms with E-state index in [9.17, 15) is 13.2 Å². The van der Waals surface area contributed by atoms with Crippen molar-refractivity contribution in [2.24, 2.45) is 0 Å². The molecule has 0 radical (unpaired) electrons. The highest BCUT2D eigenvalue weighted by Crippen LogP contribution is 2.07. The molecule has 0 saturated carbocycles. The minimum atomic E-state index is -3.79. The molecule has 1 unspecified atom stereocenters. The number of rotatable bonds is 3. The van der Waals surface area contributed by atoms with Crippen LogP contribution in [0.3, 0.4) is 0 Å². The molecule has 1 amide bonds. The summed E-state index contributed by atoms with van der Waals surface area (Å²) in [6.07, 6.45) is -0.937. The summed E-state index contributed by atoms with van der Waals surface area (Å²) < 4.78 is 31.2. The number of amides is 1. The molecular weight excluding hydrogens is 234 g/mol. The van der Waals surface area contributed by atoms with Crippen LogP contribution < -0.4 is 10.0 Å². The van der Waals surface area contributed by atoms with Crippen molar-refractivity contribution >= 4 is 16.3 Å². The molecule has 0 bridgehead atoms. The van der Waals surface area contributed by atoms with Gasteiger partial charge in [0.1, 0.15) is 0 Å². The number of hydrogen-bond donors (Lipinski definition) is 2. The number of nitrogens with zero attached hydrogens (tertiary/aromatic N) is 1. The average molecular weight is 251 g/mol. The molecule has 1 atom stereocenters. The first kappa shape index (κ1) is 13.2. The zero-order valence-corrected chi connectivity index (χ0v) is 10.2. The van der Waals surface area contributed by atoms with Gasteiger partial charge in [0.15, 0.2) is 0 Å². The van der Waals surface area contributed by atoms with Gasteiger partial charge in [-0.25, -0.2) is 9.52 Å². The van der Waals surface area contributed by atoms with Crippen LogP contribution in [0.1, 0.15) is 13.8 Å². The highest BCUT2D eigenvalue weighted by molar-refractivity contribution is 7.87. The summed E-state index contributed by atoms with van der Waals surface area (Å²) in [7, 11) is -3.79. The molecule has 1 saturated heterocycles. The number of carbonyl (C=O) groups is 1. The highest BCUT2D eigenvalue weighted by atomic mass is 32.2. The molecule has 1 rings (SSSR count). The van der Waals surface area contributed by atoms with Crippen molar-refractivity contribution in [1.82, 2.24) is 14.3 Å². The van der Waals surface area contributed by atoms with Gasteiger partial charge in [-0.1, -0.05) is 0 Å². The Morgan fingerprint density at radius 3 is 2.88 bits per heavy atom. The molecule has 1 fully saturated rings. The van der Waals surface area contributed by atoms with E-state index in [4.69, 9.17) is 0 Å². The first-order chi connectivity index (χ1) is 7.47. The number of hydrogen-bond acceptors (Lipinski definition) is 5.